The van der Waals surface area contributed by atoms with Crippen molar-refractivity contribution in [1.29, 1.82) is 0 Å². The number of aromatic nitrogens is 2. The van der Waals surface area contributed by atoms with Crippen molar-refractivity contribution in [3.05, 3.63) is 53.6 Å². The monoisotopic (exact) mass is 237 g/mol. The maximum absolute atomic E-state index is 13.4. The molecule has 0 aliphatic carbocycles. The normalized spacial score (nSPS) is 10.8. The fraction of sp³-hybridized carbons (Fsp3) is 0.250. The summed E-state index contributed by atoms with van der Waals surface area (Å²) >= 11 is 0. The Morgan fingerprint density at radius 2 is 2.12 bits per heavy atom. The molecule has 0 aliphatic rings. The molecule has 2 aromatic rings. The molecule has 1 aromatic heterocycles. The molecule has 3 nitrogen and oxygen atoms in total. The van der Waals surface area contributed by atoms with E-state index in [1.165, 1.54) is 12.1 Å². The van der Waals surface area contributed by atoms with E-state index in [2.05, 4.69) is 4.98 Å². The van der Waals surface area contributed by atoms with E-state index in [-0.39, 0.29) is 0 Å². The predicted octanol–water partition coefficient (Wildman–Crippen LogP) is 1.71. The maximum atomic E-state index is 13.4. The average Bonchev–Trinajstić information content (AvgIpc) is 2.71. The highest BCUT2D eigenvalue weighted by molar-refractivity contribution is 5.19. The first-order valence-electron chi connectivity index (χ1n) is 5.33. The van der Waals surface area contributed by atoms with Crippen LogP contribution in [-0.2, 0) is 13.0 Å². The first-order chi connectivity index (χ1) is 8.19. The summed E-state index contributed by atoms with van der Waals surface area (Å²) in [4.78, 5) is 4.14. The van der Waals surface area contributed by atoms with E-state index in [1.807, 2.05) is 6.20 Å². The lowest BCUT2D eigenvalue weighted by atomic mass is 10.2. The van der Waals surface area contributed by atoms with Gasteiger partial charge in [-0.2, -0.15) is 0 Å². The Labute approximate surface area is 97.9 Å². The Morgan fingerprint density at radius 1 is 1.29 bits per heavy atom. The third-order valence-electron chi connectivity index (χ3n) is 2.46. The standard InChI is InChI=1S/C12H13F2N3/c13-10-2-1-9(12(14)5-10)6-17-7-11(3-4-15)16-8-17/h1-2,5,7-8H,3-4,6,15H2. The molecule has 0 aliphatic heterocycles. The quantitative estimate of drug-likeness (QED) is 0.879. The molecule has 2 rings (SSSR count). The van der Waals surface area contributed by atoms with E-state index in [0.717, 1.165) is 11.8 Å². The number of nitrogens with zero attached hydrogens (tertiary/aromatic N) is 2. The van der Waals surface area contributed by atoms with Gasteiger partial charge in [-0.25, -0.2) is 13.8 Å². The van der Waals surface area contributed by atoms with E-state index in [1.54, 1.807) is 10.9 Å². The second-order valence-corrected chi connectivity index (χ2v) is 3.81. The van der Waals surface area contributed by atoms with Gasteiger partial charge in [0.15, 0.2) is 0 Å². The van der Waals surface area contributed by atoms with Crippen molar-refractivity contribution in [3.8, 4) is 0 Å². The van der Waals surface area contributed by atoms with Crippen molar-refractivity contribution in [2.45, 2.75) is 13.0 Å². The predicted molar refractivity (Wildman–Crippen MR) is 60.4 cm³/mol. The number of rotatable bonds is 4. The smallest absolute Gasteiger partial charge is 0.131 e. The molecule has 17 heavy (non-hydrogen) atoms. The number of nitrogens with two attached hydrogens (primary N) is 1. The Morgan fingerprint density at radius 3 is 2.82 bits per heavy atom. The lowest BCUT2D eigenvalue weighted by Gasteiger charge is -2.03. The van der Waals surface area contributed by atoms with Crippen molar-refractivity contribution >= 4 is 0 Å². The molecule has 0 unspecified atom stereocenters. The molecular weight excluding hydrogens is 224 g/mol. The molecule has 2 N–H and O–H groups in total. The Bertz CT molecular complexity index is 508. The van der Waals surface area contributed by atoms with Crippen molar-refractivity contribution in [2.75, 3.05) is 6.54 Å². The SMILES string of the molecule is NCCc1cn(Cc2ccc(F)cc2F)cn1. The van der Waals surface area contributed by atoms with Crippen molar-refractivity contribution in [2.24, 2.45) is 5.73 Å². The largest absolute Gasteiger partial charge is 0.333 e. The molecule has 90 valence electrons. The number of halogens is 2. The van der Waals surface area contributed by atoms with E-state index in [9.17, 15) is 8.78 Å². The van der Waals surface area contributed by atoms with E-state index >= 15 is 0 Å². The third kappa shape index (κ3) is 2.88. The Balaban J connectivity index is 2.13. The van der Waals surface area contributed by atoms with Crippen LogP contribution in [-0.4, -0.2) is 16.1 Å². The maximum Gasteiger partial charge on any atom is 0.131 e. The molecule has 0 fully saturated rings. The Kier molecular flexibility index (Phi) is 3.49. The second-order valence-electron chi connectivity index (χ2n) is 3.81. The summed E-state index contributed by atoms with van der Waals surface area (Å²) in [5.74, 6) is -1.11. The van der Waals surface area contributed by atoms with Crippen LogP contribution >= 0.6 is 0 Å². The van der Waals surface area contributed by atoms with Crippen LogP contribution in [0.2, 0.25) is 0 Å². The van der Waals surface area contributed by atoms with E-state index in [0.29, 0.717) is 25.1 Å². The zero-order valence-corrected chi connectivity index (χ0v) is 9.24. The minimum atomic E-state index is -0.569. The average molecular weight is 237 g/mol. The summed E-state index contributed by atoms with van der Waals surface area (Å²) in [6.45, 7) is 0.867. The summed E-state index contributed by atoms with van der Waals surface area (Å²) in [6.07, 6.45) is 4.13. The van der Waals surface area contributed by atoms with Gasteiger partial charge in [-0.1, -0.05) is 6.07 Å². The minimum Gasteiger partial charge on any atom is -0.333 e. The van der Waals surface area contributed by atoms with Gasteiger partial charge in [0.2, 0.25) is 0 Å². The van der Waals surface area contributed by atoms with Gasteiger partial charge in [0.1, 0.15) is 11.6 Å². The highest BCUT2D eigenvalue weighted by atomic mass is 19.1. The van der Waals surface area contributed by atoms with Gasteiger partial charge in [0.25, 0.3) is 0 Å². The molecule has 0 saturated carbocycles. The molecule has 1 heterocycles. The van der Waals surface area contributed by atoms with Gasteiger partial charge < -0.3 is 10.3 Å². The molecule has 0 amide bonds. The topological polar surface area (TPSA) is 43.8 Å². The fourth-order valence-corrected chi connectivity index (χ4v) is 1.62. The first kappa shape index (κ1) is 11.7. The molecule has 0 atom stereocenters. The van der Waals surface area contributed by atoms with Gasteiger partial charge in [-0.15, -0.1) is 0 Å². The highest BCUT2D eigenvalue weighted by Crippen LogP contribution is 2.11. The van der Waals surface area contributed by atoms with Gasteiger partial charge >= 0.3 is 0 Å². The Hall–Kier alpha value is -1.75. The minimum absolute atomic E-state index is 0.337. The lowest BCUT2D eigenvalue weighted by Crippen LogP contribution is -2.03. The number of hydrogen-bond donors (Lipinski definition) is 1. The van der Waals surface area contributed by atoms with Gasteiger partial charge in [-0.05, 0) is 12.6 Å². The lowest BCUT2D eigenvalue weighted by molar-refractivity contribution is 0.566. The van der Waals surface area contributed by atoms with E-state index < -0.39 is 11.6 Å². The summed E-state index contributed by atoms with van der Waals surface area (Å²) in [5, 5.41) is 0. The summed E-state index contributed by atoms with van der Waals surface area (Å²) in [6, 6.07) is 3.57. The van der Waals surface area contributed by atoms with Gasteiger partial charge in [-0.3, -0.25) is 0 Å². The molecule has 0 bridgehead atoms. The first-order valence-corrected chi connectivity index (χ1v) is 5.33. The number of hydrogen-bond acceptors (Lipinski definition) is 2. The van der Waals surface area contributed by atoms with Crippen LogP contribution in [0.5, 0.6) is 0 Å². The number of benzene rings is 1. The zero-order valence-electron chi connectivity index (χ0n) is 9.24. The number of imidazole rings is 1. The van der Waals surface area contributed by atoms with Crippen LogP contribution in [0.3, 0.4) is 0 Å². The fourth-order valence-electron chi connectivity index (χ4n) is 1.62. The van der Waals surface area contributed by atoms with Crippen LogP contribution in [0, 0.1) is 11.6 Å². The van der Waals surface area contributed by atoms with Crippen LogP contribution in [0.4, 0.5) is 8.78 Å². The van der Waals surface area contributed by atoms with Gasteiger partial charge in [0, 0.05) is 24.2 Å². The zero-order chi connectivity index (χ0) is 12.3. The van der Waals surface area contributed by atoms with Gasteiger partial charge in [0.05, 0.1) is 18.6 Å². The highest BCUT2D eigenvalue weighted by Gasteiger charge is 2.05. The van der Waals surface area contributed by atoms with Crippen LogP contribution in [0.15, 0.2) is 30.7 Å². The molecule has 0 radical (unpaired) electrons. The summed E-state index contributed by atoms with van der Waals surface area (Å²) in [7, 11) is 0. The molecule has 5 heteroatoms. The molecule has 1 aromatic carbocycles. The van der Waals surface area contributed by atoms with E-state index in [4.69, 9.17) is 5.73 Å². The molecule has 0 saturated heterocycles. The van der Waals surface area contributed by atoms with Crippen LogP contribution < -0.4 is 5.73 Å². The van der Waals surface area contributed by atoms with Crippen LogP contribution in [0.25, 0.3) is 0 Å². The van der Waals surface area contributed by atoms with Crippen molar-refractivity contribution in [1.82, 2.24) is 9.55 Å². The molecular formula is C12H13F2N3. The van der Waals surface area contributed by atoms with Crippen molar-refractivity contribution < 1.29 is 8.78 Å². The van der Waals surface area contributed by atoms with Crippen molar-refractivity contribution in [3.63, 3.8) is 0 Å². The second kappa shape index (κ2) is 5.05. The molecule has 0 spiro atoms. The summed E-state index contributed by atoms with van der Waals surface area (Å²) < 4.78 is 27.9. The van der Waals surface area contributed by atoms with Crippen LogP contribution in [0.1, 0.15) is 11.3 Å². The summed E-state index contributed by atoms with van der Waals surface area (Å²) in [5.41, 5.74) is 6.72. The third-order valence-corrected chi connectivity index (χ3v) is 2.46.